The fourth-order valence-corrected chi connectivity index (χ4v) is 1.70. The molecule has 0 bridgehead atoms. The summed E-state index contributed by atoms with van der Waals surface area (Å²) in [5.74, 6) is 0. The fourth-order valence-electron chi connectivity index (χ4n) is 1.28. The summed E-state index contributed by atoms with van der Waals surface area (Å²) in [5.41, 5.74) is 0.244. The zero-order chi connectivity index (χ0) is 10.1. The first-order chi connectivity index (χ1) is 6.03. The number of carbonyl (C=O) groups excluding carboxylic acids is 1. The van der Waals surface area contributed by atoms with E-state index < -0.39 is 5.41 Å². The van der Waals surface area contributed by atoms with Crippen molar-refractivity contribution in [1.82, 2.24) is 0 Å². The molecule has 0 spiro atoms. The van der Waals surface area contributed by atoms with Crippen LogP contribution < -0.4 is 0 Å². The minimum absolute atomic E-state index is 0.337. The third-order valence-corrected chi connectivity index (χ3v) is 2.68. The van der Waals surface area contributed by atoms with Gasteiger partial charge in [0, 0.05) is 5.03 Å². The largest absolute Gasteiger partial charge is 0.280 e. The van der Waals surface area contributed by atoms with Crippen LogP contribution in [-0.2, 0) is 4.79 Å². The predicted molar refractivity (Wildman–Crippen MR) is 55.8 cm³/mol. The highest BCUT2D eigenvalue weighted by molar-refractivity contribution is 6.65. The second-order valence-electron chi connectivity index (χ2n) is 3.11. The average Bonchev–Trinajstić information content (AvgIpc) is 2.79. The predicted octanol–water partition coefficient (Wildman–Crippen LogP) is 3.40. The summed E-state index contributed by atoms with van der Waals surface area (Å²) in [7, 11) is 0. The first kappa shape index (κ1) is 10.6. The van der Waals surface area contributed by atoms with Crippen LogP contribution in [0.4, 0.5) is 0 Å². The van der Waals surface area contributed by atoms with Crippen molar-refractivity contribution >= 4 is 28.4 Å². The van der Waals surface area contributed by atoms with E-state index in [2.05, 4.69) is 13.2 Å². The van der Waals surface area contributed by atoms with E-state index in [1.54, 1.807) is 12.2 Å². The zero-order valence-corrected chi connectivity index (χ0v) is 8.66. The van der Waals surface area contributed by atoms with E-state index in [0.29, 0.717) is 5.03 Å². The van der Waals surface area contributed by atoms with E-state index in [9.17, 15) is 4.79 Å². The molecule has 1 aliphatic carbocycles. The molecule has 0 aliphatic heterocycles. The molecule has 0 N–H and O–H groups in total. The van der Waals surface area contributed by atoms with E-state index in [-0.39, 0.29) is 5.24 Å². The van der Waals surface area contributed by atoms with Crippen molar-refractivity contribution in [1.29, 1.82) is 0 Å². The van der Waals surface area contributed by atoms with Crippen LogP contribution in [0, 0.1) is 5.41 Å². The second-order valence-corrected chi connectivity index (χ2v) is 3.94. The summed E-state index contributed by atoms with van der Waals surface area (Å²) in [6.45, 7) is 7.15. The molecular formula is C10H10Cl2O. The Kier molecular flexibility index (Phi) is 2.99. The molecule has 1 nitrogen and oxygen atoms in total. The van der Waals surface area contributed by atoms with Crippen molar-refractivity contribution in [3.63, 3.8) is 0 Å². The first-order valence-electron chi connectivity index (χ1n) is 3.92. The van der Waals surface area contributed by atoms with Crippen molar-refractivity contribution in [3.8, 4) is 0 Å². The number of hydrogen-bond acceptors (Lipinski definition) is 1. The van der Waals surface area contributed by atoms with Gasteiger partial charge in [-0.15, -0.1) is 0 Å². The van der Waals surface area contributed by atoms with Gasteiger partial charge in [0.05, 0.1) is 5.41 Å². The summed E-state index contributed by atoms with van der Waals surface area (Å²) in [5, 5.41) is 0.0515. The average molecular weight is 217 g/mol. The van der Waals surface area contributed by atoms with Crippen molar-refractivity contribution < 1.29 is 4.79 Å². The lowest BCUT2D eigenvalue weighted by Crippen LogP contribution is -2.11. The lowest BCUT2D eigenvalue weighted by Gasteiger charge is -2.10. The Morgan fingerprint density at radius 3 is 2.15 bits per heavy atom. The van der Waals surface area contributed by atoms with E-state index in [0.717, 1.165) is 18.4 Å². The topological polar surface area (TPSA) is 17.1 Å². The summed E-state index contributed by atoms with van der Waals surface area (Å²) in [6.07, 6.45) is 4.80. The molecule has 1 rings (SSSR count). The van der Waals surface area contributed by atoms with Crippen molar-refractivity contribution in [2.75, 3.05) is 0 Å². The van der Waals surface area contributed by atoms with Gasteiger partial charge in [0.25, 0.3) is 0 Å². The molecule has 1 saturated carbocycles. The van der Waals surface area contributed by atoms with Crippen LogP contribution in [0.3, 0.4) is 0 Å². The number of carbonyl (C=O) groups is 1. The number of allylic oxidation sites excluding steroid dienone is 4. The molecule has 0 aromatic heterocycles. The van der Waals surface area contributed by atoms with E-state index in [1.807, 2.05) is 0 Å². The van der Waals surface area contributed by atoms with Crippen LogP contribution in [-0.4, -0.2) is 5.24 Å². The molecule has 0 saturated heterocycles. The molecule has 70 valence electrons. The van der Waals surface area contributed by atoms with Gasteiger partial charge in [-0.3, -0.25) is 4.79 Å². The van der Waals surface area contributed by atoms with Gasteiger partial charge in [0.1, 0.15) is 0 Å². The van der Waals surface area contributed by atoms with Crippen LogP contribution in [0.1, 0.15) is 12.8 Å². The van der Waals surface area contributed by atoms with Gasteiger partial charge in [-0.2, -0.15) is 0 Å². The molecule has 3 heteroatoms. The number of hydrogen-bond donors (Lipinski definition) is 0. The number of rotatable bonds is 4. The maximum Gasteiger partial charge on any atom is 0.232 e. The Bertz CT molecular complexity index is 298. The minimum atomic E-state index is -0.527. The Morgan fingerprint density at radius 2 is 1.92 bits per heavy atom. The summed E-state index contributed by atoms with van der Waals surface area (Å²) < 4.78 is 0. The third kappa shape index (κ3) is 2.04. The molecule has 0 heterocycles. The molecule has 0 radical (unpaired) electrons. The smallest absolute Gasteiger partial charge is 0.232 e. The molecule has 0 amide bonds. The van der Waals surface area contributed by atoms with Gasteiger partial charge in [0.2, 0.25) is 5.24 Å². The highest BCUT2D eigenvalue weighted by atomic mass is 35.5. The Morgan fingerprint density at radius 1 is 1.38 bits per heavy atom. The highest BCUT2D eigenvalue weighted by Gasteiger charge is 2.50. The molecule has 0 aromatic rings. The Hall–Kier alpha value is -0.530. The monoisotopic (exact) mass is 216 g/mol. The van der Waals surface area contributed by atoms with Crippen LogP contribution in [0.15, 0.2) is 35.9 Å². The van der Waals surface area contributed by atoms with Crippen molar-refractivity contribution in [3.05, 3.63) is 35.9 Å². The third-order valence-electron chi connectivity index (χ3n) is 2.21. The quantitative estimate of drug-likeness (QED) is 0.521. The molecule has 1 fully saturated rings. The van der Waals surface area contributed by atoms with Gasteiger partial charge in [0.15, 0.2) is 0 Å². The van der Waals surface area contributed by atoms with Crippen molar-refractivity contribution in [2.24, 2.45) is 5.41 Å². The van der Waals surface area contributed by atoms with E-state index in [1.165, 1.54) is 0 Å². The Balaban J connectivity index is 2.97. The van der Waals surface area contributed by atoms with Crippen molar-refractivity contribution in [2.45, 2.75) is 12.8 Å². The highest BCUT2D eigenvalue weighted by Crippen LogP contribution is 2.54. The molecule has 13 heavy (non-hydrogen) atoms. The van der Waals surface area contributed by atoms with Crippen LogP contribution in [0.2, 0.25) is 0 Å². The van der Waals surface area contributed by atoms with Gasteiger partial charge < -0.3 is 0 Å². The zero-order valence-electron chi connectivity index (χ0n) is 7.15. The molecule has 0 unspecified atom stereocenters. The van der Waals surface area contributed by atoms with Gasteiger partial charge in [-0.05, 0) is 36.1 Å². The SMILES string of the molecule is C=C/C(=C\C(=C)Cl)C1(C(=O)Cl)CC1. The van der Waals surface area contributed by atoms with Crippen LogP contribution in [0.5, 0.6) is 0 Å². The van der Waals surface area contributed by atoms with Gasteiger partial charge >= 0.3 is 0 Å². The summed E-state index contributed by atoms with van der Waals surface area (Å²) in [4.78, 5) is 11.1. The molecule has 1 aliphatic rings. The van der Waals surface area contributed by atoms with E-state index in [4.69, 9.17) is 23.2 Å². The maximum atomic E-state index is 11.1. The van der Waals surface area contributed by atoms with Crippen LogP contribution >= 0.6 is 23.2 Å². The standard InChI is InChI=1S/C10H10Cl2O/c1-3-8(6-7(2)11)10(4-5-10)9(12)13/h3,6H,1-2,4-5H2/b8-6+. The lowest BCUT2D eigenvalue weighted by atomic mass is 9.97. The summed E-state index contributed by atoms with van der Waals surface area (Å²) in [6, 6.07) is 0. The summed E-state index contributed by atoms with van der Waals surface area (Å²) >= 11 is 11.1. The number of halogens is 2. The first-order valence-corrected chi connectivity index (χ1v) is 4.67. The van der Waals surface area contributed by atoms with E-state index >= 15 is 0 Å². The molecular weight excluding hydrogens is 207 g/mol. The van der Waals surface area contributed by atoms with Crippen LogP contribution in [0.25, 0.3) is 0 Å². The normalized spacial score (nSPS) is 19.4. The molecule has 0 atom stereocenters. The maximum absolute atomic E-state index is 11.1. The molecule has 0 aromatic carbocycles. The van der Waals surface area contributed by atoms with Gasteiger partial charge in [-0.1, -0.05) is 30.8 Å². The Labute approximate surface area is 87.7 Å². The second kappa shape index (κ2) is 3.69. The van der Waals surface area contributed by atoms with Gasteiger partial charge in [-0.25, -0.2) is 0 Å². The minimum Gasteiger partial charge on any atom is -0.280 e. The lowest BCUT2D eigenvalue weighted by molar-refractivity contribution is -0.115. The fraction of sp³-hybridized carbons (Fsp3) is 0.300.